The topological polar surface area (TPSA) is 38.3 Å². The molecule has 0 saturated heterocycles. The number of ether oxygens (including phenoxy) is 1. The van der Waals surface area contributed by atoms with Gasteiger partial charge in [-0.15, -0.1) is 0 Å². The minimum atomic E-state index is -0.0675. The smallest absolute Gasteiger partial charge is 0.307 e. The van der Waals surface area contributed by atoms with E-state index in [4.69, 9.17) is 4.74 Å². The van der Waals surface area contributed by atoms with Crippen molar-refractivity contribution in [2.75, 3.05) is 13.2 Å². The Kier molecular flexibility index (Phi) is 3.39. The number of carbonyl (C=O) groups excluding carboxylic acids is 1. The van der Waals surface area contributed by atoms with Crippen LogP contribution in [0.25, 0.3) is 0 Å². The maximum atomic E-state index is 11.5. The second-order valence-electron chi connectivity index (χ2n) is 8.39. The summed E-state index contributed by atoms with van der Waals surface area (Å²) in [5.74, 6) is 0.832. The van der Waals surface area contributed by atoms with Crippen molar-refractivity contribution in [3.05, 3.63) is 0 Å². The normalized spacial score (nSPS) is 45.6. The van der Waals surface area contributed by atoms with Crippen LogP contribution in [0.2, 0.25) is 0 Å². The molecule has 114 valence electrons. The molecule has 4 bridgehead atoms. The predicted octanol–water partition coefficient (Wildman–Crippen LogP) is 3.28. The van der Waals surface area contributed by atoms with Gasteiger partial charge in [0.2, 0.25) is 0 Å². The Labute approximate surface area is 122 Å². The summed E-state index contributed by atoms with van der Waals surface area (Å²) in [5.41, 5.74) is 1.37. The second-order valence-corrected chi connectivity index (χ2v) is 8.39. The number of hydrogen-bond donors (Lipinski definition) is 1. The van der Waals surface area contributed by atoms with Crippen LogP contribution in [0.4, 0.5) is 0 Å². The van der Waals surface area contributed by atoms with Crippen molar-refractivity contribution < 1.29 is 9.53 Å². The summed E-state index contributed by atoms with van der Waals surface area (Å²) in [6.07, 6.45) is 8.67. The molecule has 0 amide bonds. The van der Waals surface area contributed by atoms with Crippen LogP contribution in [0.5, 0.6) is 0 Å². The molecule has 4 aliphatic carbocycles. The minimum Gasteiger partial charge on any atom is -0.466 e. The SMILES string of the molecule is CCOC(=O)CCNC12CC3CC(C)(CC(C)(C3)C1)C2. The maximum absolute atomic E-state index is 11.5. The van der Waals surface area contributed by atoms with Gasteiger partial charge in [-0.25, -0.2) is 0 Å². The predicted molar refractivity (Wildman–Crippen MR) is 79.4 cm³/mol. The summed E-state index contributed by atoms with van der Waals surface area (Å²) >= 11 is 0. The van der Waals surface area contributed by atoms with Gasteiger partial charge in [0.15, 0.2) is 0 Å². The van der Waals surface area contributed by atoms with E-state index in [2.05, 4.69) is 19.2 Å². The third kappa shape index (κ3) is 2.61. The molecule has 0 aromatic carbocycles. The number of nitrogens with one attached hydrogen (secondary N) is 1. The molecule has 4 saturated carbocycles. The number of esters is 1. The van der Waals surface area contributed by atoms with Crippen molar-refractivity contribution in [1.82, 2.24) is 5.32 Å². The van der Waals surface area contributed by atoms with Gasteiger partial charge < -0.3 is 10.1 Å². The zero-order valence-corrected chi connectivity index (χ0v) is 13.3. The van der Waals surface area contributed by atoms with E-state index in [-0.39, 0.29) is 5.97 Å². The lowest BCUT2D eigenvalue weighted by Gasteiger charge is -2.65. The second kappa shape index (κ2) is 4.72. The Hall–Kier alpha value is -0.570. The fourth-order valence-electron chi connectivity index (χ4n) is 6.31. The van der Waals surface area contributed by atoms with Crippen molar-refractivity contribution in [3.63, 3.8) is 0 Å². The van der Waals surface area contributed by atoms with Crippen molar-refractivity contribution in [1.29, 1.82) is 0 Å². The quantitative estimate of drug-likeness (QED) is 0.785. The summed E-state index contributed by atoms with van der Waals surface area (Å²) in [6, 6.07) is 0. The zero-order valence-electron chi connectivity index (χ0n) is 13.3. The molecule has 3 heteroatoms. The third-order valence-corrected chi connectivity index (χ3v) is 5.76. The maximum Gasteiger partial charge on any atom is 0.307 e. The number of carbonyl (C=O) groups is 1. The van der Waals surface area contributed by atoms with Gasteiger partial charge in [0, 0.05) is 12.1 Å². The highest BCUT2D eigenvalue weighted by Gasteiger charge is 2.59. The van der Waals surface area contributed by atoms with Crippen LogP contribution in [0.3, 0.4) is 0 Å². The molecule has 0 radical (unpaired) electrons. The van der Waals surface area contributed by atoms with E-state index in [1.54, 1.807) is 0 Å². The molecule has 20 heavy (non-hydrogen) atoms. The fraction of sp³-hybridized carbons (Fsp3) is 0.941. The Morgan fingerprint density at radius 2 is 1.80 bits per heavy atom. The standard InChI is InChI=1S/C17H29NO2/c1-4-20-14(19)5-6-18-17-9-13-7-15(2,11-17)10-16(3,8-13)12-17/h13,18H,4-12H2,1-3H3. The molecule has 2 unspecified atom stereocenters. The van der Waals surface area contributed by atoms with Gasteiger partial charge in [-0.05, 0) is 62.2 Å². The van der Waals surface area contributed by atoms with Crippen molar-refractivity contribution in [2.24, 2.45) is 16.7 Å². The summed E-state index contributed by atoms with van der Waals surface area (Å²) in [7, 11) is 0. The highest BCUT2D eigenvalue weighted by atomic mass is 16.5. The van der Waals surface area contributed by atoms with Crippen LogP contribution in [-0.4, -0.2) is 24.7 Å². The van der Waals surface area contributed by atoms with E-state index in [0.717, 1.165) is 12.5 Å². The molecule has 3 nitrogen and oxygen atoms in total. The minimum absolute atomic E-state index is 0.0675. The van der Waals surface area contributed by atoms with Gasteiger partial charge in [-0.3, -0.25) is 4.79 Å². The number of hydrogen-bond acceptors (Lipinski definition) is 3. The molecule has 0 aromatic rings. The average Bonchev–Trinajstić information content (AvgIpc) is 2.23. The summed E-state index contributed by atoms with van der Waals surface area (Å²) < 4.78 is 5.02. The molecular formula is C17H29NO2. The summed E-state index contributed by atoms with van der Waals surface area (Å²) in [4.78, 5) is 11.5. The zero-order chi connectivity index (χ0) is 14.4. The van der Waals surface area contributed by atoms with Gasteiger partial charge >= 0.3 is 5.97 Å². The third-order valence-electron chi connectivity index (χ3n) is 5.76. The van der Waals surface area contributed by atoms with E-state index < -0.39 is 0 Å². The molecular weight excluding hydrogens is 250 g/mol. The molecule has 1 N–H and O–H groups in total. The highest BCUT2D eigenvalue weighted by molar-refractivity contribution is 5.69. The van der Waals surface area contributed by atoms with E-state index in [9.17, 15) is 4.79 Å². The fourth-order valence-corrected chi connectivity index (χ4v) is 6.31. The molecule has 2 atom stereocenters. The molecule has 4 fully saturated rings. The van der Waals surface area contributed by atoms with Crippen LogP contribution in [0.1, 0.15) is 65.7 Å². The first kappa shape index (κ1) is 14.4. The first-order valence-electron chi connectivity index (χ1n) is 8.27. The lowest BCUT2D eigenvalue weighted by molar-refractivity contribution is -0.143. The van der Waals surface area contributed by atoms with Gasteiger partial charge in [-0.1, -0.05) is 13.8 Å². The van der Waals surface area contributed by atoms with E-state index in [0.29, 0.717) is 29.4 Å². The molecule has 0 heterocycles. The van der Waals surface area contributed by atoms with Gasteiger partial charge in [-0.2, -0.15) is 0 Å². The molecule has 4 aliphatic rings. The van der Waals surface area contributed by atoms with Crippen molar-refractivity contribution >= 4 is 5.97 Å². The van der Waals surface area contributed by atoms with Gasteiger partial charge in [0.05, 0.1) is 13.0 Å². The van der Waals surface area contributed by atoms with Crippen molar-refractivity contribution in [3.8, 4) is 0 Å². The van der Waals surface area contributed by atoms with Crippen LogP contribution >= 0.6 is 0 Å². The van der Waals surface area contributed by atoms with Crippen molar-refractivity contribution in [2.45, 2.75) is 71.3 Å². The Morgan fingerprint density at radius 3 is 2.35 bits per heavy atom. The first-order valence-corrected chi connectivity index (χ1v) is 8.27. The molecule has 4 rings (SSSR count). The largest absolute Gasteiger partial charge is 0.466 e. The molecule has 0 aliphatic heterocycles. The molecule has 0 spiro atoms. The van der Waals surface area contributed by atoms with Gasteiger partial charge in [0.25, 0.3) is 0 Å². The average molecular weight is 279 g/mol. The van der Waals surface area contributed by atoms with E-state index >= 15 is 0 Å². The van der Waals surface area contributed by atoms with Gasteiger partial charge in [0.1, 0.15) is 0 Å². The first-order chi connectivity index (χ1) is 9.36. The molecule has 0 aromatic heterocycles. The summed E-state index contributed by atoms with van der Waals surface area (Å²) in [5, 5.41) is 3.77. The van der Waals surface area contributed by atoms with Crippen LogP contribution < -0.4 is 5.32 Å². The van der Waals surface area contributed by atoms with Crippen LogP contribution in [0, 0.1) is 16.7 Å². The Balaban J connectivity index is 1.63. The summed E-state index contributed by atoms with van der Waals surface area (Å²) in [6.45, 7) is 8.10. The Morgan fingerprint density at radius 1 is 1.15 bits per heavy atom. The highest BCUT2D eigenvalue weighted by Crippen LogP contribution is 2.66. The van der Waals surface area contributed by atoms with E-state index in [1.807, 2.05) is 6.92 Å². The lowest BCUT2D eigenvalue weighted by Crippen LogP contribution is -2.64. The lowest BCUT2D eigenvalue weighted by atomic mass is 9.43. The Bertz CT molecular complexity index is 388. The van der Waals surface area contributed by atoms with Crippen LogP contribution in [0.15, 0.2) is 0 Å². The van der Waals surface area contributed by atoms with Crippen LogP contribution in [-0.2, 0) is 9.53 Å². The van der Waals surface area contributed by atoms with E-state index in [1.165, 1.54) is 38.5 Å². The number of rotatable bonds is 5. The monoisotopic (exact) mass is 279 g/mol.